The fourth-order valence-electron chi connectivity index (χ4n) is 15.2. The number of aliphatic hydroxyl groups excluding tert-OH is 1. The number of hydrogen-bond donors (Lipinski definition) is 2. The molecular weight excluding hydrogens is 1310 g/mol. The number of allylic oxidation sites excluding steroid dienone is 5. The van der Waals surface area contributed by atoms with E-state index in [1.807, 2.05) is 85.8 Å². The van der Waals surface area contributed by atoms with Gasteiger partial charge in [-0.2, -0.15) is 0 Å². The van der Waals surface area contributed by atoms with Crippen LogP contribution in [0.1, 0.15) is 164 Å². The molecule has 570 valence electrons. The number of aromatic nitrogens is 2. The van der Waals surface area contributed by atoms with Crippen molar-refractivity contribution in [3.05, 3.63) is 65.6 Å². The quantitative estimate of drug-likeness (QED) is 0.0533. The summed E-state index contributed by atoms with van der Waals surface area (Å²) in [5, 5.41) is 24.0. The number of ketones is 3. The van der Waals surface area contributed by atoms with Crippen molar-refractivity contribution in [1.29, 1.82) is 0 Å². The lowest BCUT2D eigenvalue weighted by Gasteiger charge is -2.43. The van der Waals surface area contributed by atoms with Crippen molar-refractivity contribution >= 4 is 53.0 Å². The van der Waals surface area contributed by atoms with Crippen molar-refractivity contribution in [3.8, 4) is 0 Å². The number of piperidine rings is 1. The average Bonchev–Trinajstić information content (AvgIpc) is 0.773. The summed E-state index contributed by atoms with van der Waals surface area (Å²) in [6.07, 6.45) is 16.0. The van der Waals surface area contributed by atoms with Crippen LogP contribution in [0.25, 0.3) is 0 Å². The molecule has 102 heavy (non-hydrogen) atoms. The number of carbonyl (C=O) groups excluding carboxylic acids is 8. The largest absolute Gasteiger partial charge is 0.460 e. The van der Waals surface area contributed by atoms with E-state index in [1.165, 1.54) is 18.9 Å². The maximum Gasteiger partial charge on any atom is 0.329 e. The Morgan fingerprint density at radius 3 is 2.06 bits per heavy atom. The Morgan fingerprint density at radius 1 is 0.706 bits per heavy atom. The number of ether oxygens (including phenoxy) is 8. The summed E-state index contributed by atoms with van der Waals surface area (Å²) in [6, 6.07) is -1.14. The molecule has 6 aliphatic rings. The van der Waals surface area contributed by atoms with Gasteiger partial charge in [-0.3, -0.25) is 33.7 Å². The molecule has 0 aromatic carbocycles. The lowest BCUT2D eigenvalue weighted by Crippen LogP contribution is -2.61. The number of aryl methyl sites for hydroxylation is 1. The van der Waals surface area contributed by atoms with E-state index < -0.39 is 90.2 Å². The van der Waals surface area contributed by atoms with Gasteiger partial charge >= 0.3 is 11.9 Å². The fourth-order valence-corrected chi connectivity index (χ4v) is 15.2. The van der Waals surface area contributed by atoms with Gasteiger partial charge in [0, 0.05) is 156 Å². The van der Waals surface area contributed by atoms with Gasteiger partial charge in [-0.1, -0.05) is 71.1 Å². The van der Waals surface area contributed by atoms with Gasteiger partial charge in [0.1, 0.15) is 36.2 Å². The number of esters is 2. The number of cyclic esters (lactones) is 1. The van der Waals surface area contributed by atoms with Gasteiger partial charge in [0.2, 0.25) is 23.5 Å². The highest BCUT2D eigenvalue weighted by Crippen LogP contribution is 2.39. The van der Waals surface area contributed by atoms with Crippen LogP contribution in [0.5, 0.6) is 0 Å². The summed E-state index contributed by atoms with van der Waals surface area (Å²) >= 11 is 0. The van der Waals surface area contributed by atoms with Crippen molar-refractivity contribution in [2.75, 3.05) is 112 Å². The SMILES string of the molecule is CO[C@H]1C[C@@H]2CC[C@@H](C)[C@@](O)(O2)C(=O)C(=O)N2CCCC[C@H]2C(=O)O[C@H]([C@H](C)C[C@@H]2CC[C@@H](OC(=O)CCc3cnc(N4CCN(C(=O)CCOCCN5CCN(C(=O)CCC(C)=O)CC5)CC4)nc3)[C@H](OC)C2)C[C@@H](OC)[C@H](C)/C=C(\C)[C@@H](O)[C@@H](OC)C(=O)[C@H](C)C[C@H](C)/C=C/C=C/C=C/1C. The van der Waals surface area contributed by atoms with E-state index in [1.54, 1.807) is 47.6 Å². The summed E-state index contributed by atoms with van der Waals surface area (Å²) in [4.78, 5) is 127. The summed E-state index contributed by atoms with van der Waals surface area (Å²) in [6.45, 7) is 21.2. The van der Waals surface area contributed by atoms with Crippen molar-refractivity contribution in [2.24, 2.45) is 35.5 Å². The standard InChI is InChI=1S/C77H119N7O18/c1-50-18-14-13-15-19-51(2)63(95-9)46-60-25-21-56(7)77(94,102-60)73(91)74(92)84-30-17-16-20-61(84)75(93)101-65(47-64(96-10)52(3)43-55(6)71(90)72(98-12)70(89)54(5)42-50)53(4)44-58-23-26-62(66(45-58)97-11)100-69(88)28-24-59-48-78-76(79-49-59)83-37-35-82(36-38-83)68(87)29-40-99-41-39-80-31-33-81(34-32-80)67(86)27-22-57(8)85/h13-15,18-19,43,48-50,52-54,56,58,60-66,71-72,90,94H,16-17,20-42,44-47H2,1-12H3/b15-13+,18-14+,51-19+,55-43+/t50-,52-,53-,54-,56-,58+,60+,61+,62-,63+,64-,65+,66-,71-,72+,77-/m1/s1. The normalized spacial score (nSPS) is 32.6. The first-order valence-electron chi connectivity index (χ1n) is 37.4. The van der Waals surface area contributed by atoms with E-state index in [0.29, 0.717) is 141 Å². The van der Waals surface area contributed by atoms with Gasteiger partial charge in [0.25, 0.3) is 11.7 Å². The molecule has 7 rings (SSSR count). The van der Waals surface area contributed by atoms with Gasteiger partial charge < -0.3 is 72.5 Å². The number of amides is 3. The van der Waals surface area contributed by atoms with Gasteiger partial charge in [0.05, 0.1) is 44.1 Å². The highest BCUT2D eigenvalue weighted by molar-refractivity contribution is 6.39. The highest BCUT2D eigenvalue weighted by Gasteiger charge is 2.53. The molecule has 6 heterocycles. The van der Waals surface area contributed by atoms with E-state index in [9.17, 15) is 48.6 Å². The number of fused-ring (bicyclic) bond motifs is 3. The van der Waals surface area contributed by atoms with Crippen LogP contribution in [0, 0.1) is 35.5 Å². The molecule has 25 heteroatoms. The van der Waals surface area contributed by atoms with Gasteiger partial charge in [-0.15, -0.1) is 0 Å². The van der Waals surface area contributed by atoms with Crippen LogP contribution >= 0.6 is 0 Å². The smallest absolute Gasteiger partial charge is 0.329 e. The molecule has 1 aromatic heterocycles. The number of methoxy groups -OCH3 is 4. The number of aliphatic hydroxyl groups is 2. The number of nitrogens with zero attached hydrogens (tertiary/aromatic N) is 7. The molecule has 5 aliphatic heterocycles. The minimum absolute atomic E-state index is 0.0116. The molecule has 1 saturated carbocycles. The third kappa shape index (κ3) is 23.9. The van der Waals surface area contributed by atoms with Crippen LogP contribution in [-0.4, -0.2) is 255 Å². The molecule has 2 bridgehead atoms. The van der Waals surface area contributed by atoms with Crippen LogP contribution in [0.2, 0.25) is 0 Å². The minimum Gasteiger partial charge on any atom is -0.460 e. The van der Waals surface area contributed by atoms with Gasteiger partial charge in [-0.05, 0) is 126 Å². The zero-order valence-electron chi connectivity index (χ0n) is 62.8. The Labute approximate surface area is 604 Å². The first-order valence-corrected chi connectivity index (χ1v) is 37.4. The van der Waals surface area contributed by atoms with Crippen LogP contribution in [0.4, 0.5) is 5.95 Å². The average molecular weight is 1430 g/mol. The van der Waals surface area contributed by atoms with Gasteiger partial charge in [-0.25, -0.2) is 14.8 Å². The topological polar surface area (TPSA) is 293 Å². The lowest BCUT2D eigenvalue weighted by atomic mass is 9.78. The number of carbonyl (C=O) groups is 8. The van der Waals surface area contributed by atoms with Crippen molar-refractivity contribution in [3.63, 3.8) is 0 Å². The summed E-state index contributed by atoms with van der Waals surface area (Å²) in [5.41, 5.74) is 2.15. The highest BCUT2D eigenvalue weighted by atomic mass is 16.6. The van der Waals surface area contributed by atoms with E-state index in [2.05, 4.69) is 14.9 Å². The number of rotatable bonds is 21. The first-order chi connectivity index (χ1) is 48.8. The van der Waals surface area contributed by atoms with Crippen LogP contribution < -0.4 is 4.90 Å². The fraction of sp³-hybridized carbons (Fsp3) is 0.740. The molecule has 0 spiro atoms. The molecular formula is C77H119N7O18. The van der Waals surface area contributed by atoms with Crippen molar-refractivity contribution in [1.82, 2.24) is 29.6 Å². The monoisotopic (exact) mass is 1430 g/mol. The first kappa shape index (κ1) is 83.1. The minimum atomic E-state index is -2.45. The second-order valence-corrected chi connectivity index (χ2v) is 29.5. The van der Waals surface area contributed by atoms with E-state index in [4.69, 9.17) is 37.9 Å². The molecule has 0 radical (unpaired) electrons. The predicted molar refractivity (Wildman–Crippen MR) is 382 cm³/mol. The Bertz CT molecular complexity index is 3040. The zero-order valence-corrected chi connectivity index (χ0v) is 62.8. The summed E-state index contributed by atoms with van der Waals surface area (Å²) in [7, 11) is 6.17. The molecule has 25 nitrogen and oxygen atoms in total. The molecule has 1 aliphatic carbocycles. The number of Topliss-reactive ketones (excluding diaryl/α,β-unsaturated/α-hetero) is 3. The molecule has 4 saturated heterocycles. The number of hydrogen-bond acceptors (Lipinski definition) is 22. The molecule has 0 unspecified atom stereocenters. The Balaban J connectivity index is 0.949. The second-order valence-electron chi connectivity index (χ2n) is 29.5. The third-order valence-electron chi connectivity index (χ3n) is 21.8. The molecule has 1 aromatic rings. The Morgan fingerprint density at radius 2 is 1.39 bits per heavy atom. The van der Waals surface area contributed by atoms with Crippen molar-refractivity contribution in [2.45, 2.75) is 225 Å². The van der Waals surface area contributed by atoms with E-state index in [-0.39, 0.29) is 98.1 Å². The lowest BCUT2D eigenvalue weighted by molar-refractivity contribution is -0.265. The Kier molecular flexibility index (Phi) is 33.4. The second kappa shape index (κ2) is 40.9. The van der Waals surface area contributed by atoms with E-state index >= 15 is 0 Å². The van der Waals surface area contributed by atoms with Crippen molar-refractivity contribution < 1.29 is 86.5 Å². The maximum atomic E-state index is 14.9. The molecule has 16 atom stereocenters. The van der Waals surface area contributed by atoms with E-state index in [0.717, 1.165) is 24.2 Å². The van der Waals surface area contributed by atoms with Gasteiger partial charge in [0.15, 0.2) is 5.78 Å². The molecule has 5 fully saturated rings. The molecule has 3 amide bonds. The third-order valence-corrected chi connectivity index (χ3v) is 21.8. The number of anilines is 1. The summed E-state index contributed by atoms with van der Waals surface area (Å²) in [5.74, 6) is -7.06. The Hall–Kier alpha value is -6.16. The van der Waals surface area contributed by atoms with Crippen LogP contribution in [-0.2, 0) is 82.7 Å². The number of piperazine rings is 2. The van der Waals surface area contributed by atoms with Crippen LogP contribution in [0.3, 0.4) is 0 Å². The molecule has 2 N–H and O–H groups in total. The predicted octanol–water partition coefficient (Wildman–Crippen LogP) is 7.17. The maximum absolute atomic E-state index is 14.9. The summed E-state index contributed by atoms with van der Waals surface area (Å²) < 4.78 is 48.6. The zero-order chi connectivity index (χ0) is 74.2. The van der Waals surface area contributed by atoms with Crippen LogP contribution in [0.15, 0.2) is 60.0 Å².